The lowest BCUT2D eigenvalue weighted by molar-refractivity contribution is 0.0111. The van der Waals surface area contributed by atoms with E-state index in [0.29, 0.717) is 13.2 Å². The lowest BCUT2D eigenvalue weighted by Crippen LogP contribution is -2.09. The summed E-state index contributed by atoms with van der Waals surface area (Å²) in [7, 11) is 1.70. The van der Waals surface area contributed by atoms with Crippen LogP contribution in [0.25, 0.3) is 0 Å². The fraction of sp³-hybridized carbons (Fsp3) is 0.571. The van der Waals surface area contributed by atoms with E-state index in [0.717, 1.165) is 6.42 Å². The normalized spacial score (nSPS) is 12.6. The van der Waals surface area contributed by atoms with E-state index in [9.17, 15) is 0 Å². The van der Waals surface area contributed by atoms with Crippen molar-refractivity contribution in [1.29, 1.82) is 0 Å². The number of rotatable bonds is 8. The Hall–Kier alpha value is -0.860. The van der Waals surface area contributed by atoms with Crippen molar-refractivity contribution < 1.29 is 9.47 Å². The molecule has 1 rings (SSSR count). The van der Waals surface area contributed by atoms with Gasteiger partial charge in [0.2, 0.25) is 0 Å². The molecule has 0 saturated carbocycles. The second-order valence-electron chi connectivity index (χ2n) is 3.91. The van der Waals surface area contributed by atoms with E-state index in [-0.39, 0.29) is 6.10 Å². The topological polar surface area (TPSA) is 18.5 Å². The maximum Gasteiger partial charge on any atom is 0.0826 e. The van der Waals surface area contributed by atoms with Crippen LogP contribution in [-0.4, -0.2) is 20.3 Å². The number of unbranched alkanes of at least 4 members (excludes halogenated alkanes) is 1. The van der Waals surface area contributed by atoms with E-state index in [4.69, 9.17) is 9.47 Å². The summed E-state index contributed by atoms with van der Waals surface area (Å²) >= 11 is 0. The van der Waals surface area contributed by atoms with Gasteiger partial charge in [-0.25, -0.2) is 0 Å². The number of ether oxygens (including phenoxy) is 2. The fourth-order valence-electron chi connectivity index (χ4n) is 1.68. The molecule has 2 heteroatoms. The zero-order chi connectivity index (χ0) is 11.6. The first kappa shape index (κ1) is 13.2. The van der Waals surface area contributed by atoms with E-state index in [1.807, 2.05) is 6.07 Å². The molecule has 0 heterocycles. The first-order valence-corrected chi connectivity index (χ1v) is 6.04. The third kappa shape index (κ3) is 4.77. The number of methoxy groups -OCH3 is 1. The molecule has 2 nitrogen and oxygen atoms in total. The monoisotopic (exact) mass is 222 g/mol. The Labute approximate surface area is 98.6 Å². The van der Waals surface area contributed by atoms with E-state index in [2.05, 4.69) is 31.2 Å². The van der Waals surface area contributed by atoms with Crippen LogP contribution in [0.5, 0.6) is 0 Å². The summed E-state index contributed by atoms with van der Waals surface area (Å²) in [4.78, 5) is 0. The van der Waals surface area contributed by atoms with Gasteiger partial charge in [-0.15, -0.1) is 0 Å². The Morgan fingerprint density at radius 3 is 2.50 bits per heavy atom. The lowest BCUT2D eigenvalue weighted by Gasteiger charge is -2.17. The maximum atomic E-state index is 5.85. The van der Waals surface area contributed by atoms with Gasteiger partial charge in [0, 0.05) is 7.11 Å². The van der Waals surface area contributed by atoms with Crippen LogP contribution in [0.2, 0.25) is 0 Å². The molecule has 1 aromatic carbocycles. The lowest BCUT2D eigenvalue weighted by atomic mass is 10.0. The molecule has 0 fully saturated rings. The van der Waals surface area contributed by atoms with Crippen LogP contribution >= 0.6 is 0 Å². The molecule has 0 aliphatic rings. The zero-order valence-corrected chi connectivity index (χ0v) is 10.3. The Bertz CT molecular complexity index is 259. The SMILES string of the molecule is CCCCC(OCCOC)c1ccccc1. The number of benzene rings is 1. The van der Waals surface area contributed by atoms with Crippen LogP contribution in [0.1, 0.15) is 37.9 Å². The first-order valence-electron chi connectivity index (χ1n) is 6.04. The average molecular weight is 222 g/mol. The van der Waals surface area contributed by atoms with Crippen molar-refractivity contribution in [3.05, 3.63) is 35.9 Å². The molecule has 90 valence electrons. The Morgan fingerprint density at radius 1 is 1.12 bits per heavy atom. The third-order valence-electron chi connectivity index (χ3n) is 2.60. The molecule has 1 atom stereocenters. The summed E-state index contributed by atoms with van der Waals surface area (Å²) in [6, 6.07) is 10.4. The highest BCUT2D eigenvalue weighted by Gasteiger charge is 2.10. The van der Waals surface area contributed by atoms with Gasteiger partial charge in [0.05, 0.1) is 19.3 Å². The number of hydrogen-bond acceptors (Lipinski definition) is 2. The second kappa shape index (κ2) is 8.31. The van der Waals surface area contributed by atoms with Gasteiger partial charge in [-0.2, -0.15) is 0 Å². The van der Waals surface area contributed by atoms with Crippen molar-refractivity contribution in [2.75, 3.05) is 20.3 Å². The molecule has 0 N–H and O–H groups in total. The van der Waals surface area contributed by atoms with Crippen LogP contribution in [-0.2, 0) is 9.47 Å². The molecule has 16 heavy (non-hydrogen) atoms. The maximum absolute atomic E-state index is 5.85. The summed E-state index contributed by atoms with van der Waals surface area (Å²) < 4.78 is 10.9. The van der Waals surface area contributed by atoms with Crippen molar-refractivity contribution in [3.8, 4) is 0 Å². The van der Waals surface area contributed by atoms with Crippen LogP contribution in [0.3, 0.4) is 0 Å². The molecule has 0 saturated heterocycles. The quantitative estimate of drug-likeness (QED) is 0.626. The molecule has 0 aliphatic carbocycles. The van der Waals surface area contributed by atoms with Gasteiger partial charge in [0.1, 0.15) is 0 Å². The van der Waals surface area contributed by atoms with Crippen molar-refractivity contribution in [3.63, 3.8) is 0 Å². The minimum atomic E-state index is 0.219. The van der Waals surface area contributed by atoms with E-state index in [1.165, 1.54) is 18.4 Å². The molecule has 0 amide bonds. The molecular formula is C14H22O2. The Balaban J connectivity index is 2.49. The third-order valence-corrected chi connectivity index (χ3v) is 2.60. The molecular weight excluding hydrogens is 200 g/mol. The zero-order valence-electron chi connectivity index (χ0n) is 10.3. The highest BCUT2D eigenvalue weighted by Crippen LogP contribution is 2.23. The predicted molar refractivity (Wildman–Crippen MR) is 66.5 cm³/mol. The summed E-state index contributed by atoms with van der Waals surface area (Å²) in [5.74, 6) is 0. The number of hydrogen-bond donors (Lipinski definition) is 0. The van der Waals surface area contributed by atoms with Crippen LogP contribution < -0.4 is 0 Å². The first-order chi connectivity index (χ1) is 7.88. The molecule has 0 radical (unpaired) electrons. The van der Waals surface area contributed by atoms with E-state index >= 15 is 0 Å². The molecule has 0 spiro atoms. The van der Waals surface area contributed by atoms with Crippen molar-refractivity contribution >= 4 is 0 Å². The molecule has 0 bridgehead atoms. The van der Waals surface area contributed by atoms with Crippen LogP contribution in [0.4, 0.5) is 0 Å². The second-order valence-corrected chi connectivity index (χ2v) is 3.91. The van der Waals surface area contributed by atoms with Gasteiger partial charge in [-0.3, -0.25) is 0 Å². The summed E-state index contributed by atoms with van der Waals surface area (Å²) in [6.07, 6.45) is 3.71. The van der Waals surface area contributed by atoms with Gasteiger partial charge < -0.3 is 9.47 Å². The minimum Gasteiger partial charge on any atom is -0.382 e. The highest BCUT2D eigenvalue weighted by molar-refractivity contribution is 5.17. The standard InChI is InChI=1S/C14H22O2/c1-3-4-10-14(16-12-11-15-2)13-8-6-5-7-9-13/h5-9,14H,3-4,10-12H2,1-2H3. The highest BCUT2D eigenvalue weighted by atomic mass is 16.5. The summed E-state index contributed by atoms with van der Waals surface area (Å²) in [5, 5.41) is 0. The summed E-state index contributed by atoms with van der Waals surface area (Å²) in [5.41, 5.74) is 1.27. The summed E-state index contributed by atoms with van der Waals surface area (Å²) in [6.45, 7) is 3.53. The predicted octanol–water partition coefficient (Wildman–Crippen LogP) is 3.58. The van der Waals surface area contributed by atoms with Crippen molar-refractivity contribution in [2.24, 2.45) is 0 Å². The smallest absolute Gasteiger partial charge is 0.0826 e. The molecule has 1 unspecified atom stereocenters. The molecule has 1 aromatic rings. The largest absolute Gasteiger partial charge is 0.382 e. The average Bonchev–Trinajstić information content (AvgIpc) is 2.35. The van der Waals surface area contributed by atoms with Gasteiger partial charge in [0.15, 0.2) is 0 Å². The van der Waals surface area contributed by atoms with Crippen molar-refractivity contribution in [1.82, 2.24) is 0 Å². The van der Waals surface area contributed by atoms with Gasteiger partial charge >= 0.3 is 0 Å². The Morgan fingerprint density at radius 2 is 1.88 bits per heavy atom. The minimum absolute atomic E-state index is 0.219. The van der Waals surface area contributed by atoms with Gasteiger partial charge in [-0.1, -0.05) is 50.1 Å². The molecule has 0 aliphatic heterocycles. The van der Waals surface area contributed by atoms with Gasteiger partial charge in [0.25, 0.3) is 0 Å². The fourth-order valence-corrected chi connectivity index (χ4v) is 1.68. The van der Waals surface area contributed by atoms with Crippen LogP contribution in [0, 0.1) is 0 Å². The van der Waals surface area contributed by atoms with Crippen molar-refractivity contribution in [2.45, 2.75) is 32.3 Å². The van der Waals surface area contributed by atoms with E-state index in [1.54, 1.807) is 7.11 Å². The van der Waals surface area contributed by atoms with Gasteiger partial charge in [-0.05, 0) is 12.0 Å². The van der Waals surface area contributed by atoms with Crippen LogP contribution in [0.15, 0.2) is 30.3 Å². The molecule has 0 aromatic heterocycles. The Kier molecular flexibility index (Phi) is 6.86. The van der Waals surface area contributed by atoms with E-state index < -0.39 is 0 Å².